The molecule has 5 heteroatoms. The SMILES string of the molecule is C=CCC(=O)c1cc(C(=O)O)cc(C(=O)O)c1. The van der Waals surface area contributed by atoms with Gasteiger partial charge >= 0.3 is 11.9 Å². The van der Waals surface area contributed by atoms with Crippen LogP contribution in [0.25, 0.3) is 0 Å². The number of ketones is 1. The first-order valence-corrected chi connectivity index (χ1v) is 4.71. The van der Waals surface area contributed by atoms with E-state index in [0.29, 0.717) is 0 Å². The standard InChI is InChI=1S/C12H10O5/c1-2-3-10(13)7-4-8(11(14)15)6-9(5-7)12(16)17/h2,4-6H,1,3H2,(H,14,15)(H,16,17). The molecule has 0 aliphatic carbocycles. The second-order valence-electron chi connectivity index (χ2n) is 3.33. The Morgan fingerprint density at radius 1 is 1.00 bits per heavy atom. The lowest BCUT2D eigenvalue weighted by Gasteiger charge is -2.03. The number of hydrogen-bond acceptors (Lipinski definition) is 3. The van der Waals surface area contributed by atoms with Crippen LogP contribution in [-0.2, 0) is 0 Å². The molecule has 0 spiro atoms. The molecule has 0 aliphatic rings. The average molecular weight is 234 g/mol. The van der Waals surface area contributed by atoms with Gasteiger partial charge in [-0.2, -0.15) is 0 Å². The monoisotopic (exact) mass is 234 g/mol. The van der Waals surface area contributed by atoms with E-state index in [0.717, 1.165) is 18.2 Å². The van der Waals surface area contributed by atoms with E-state index in [-0.39, 0.29) is 28.9 Å². The Bertz CT molecular complexity index is 469. The van der Waals surface area contributed by atoms with E-state index >= 15 is 0 Å². The minimum atomic E-state index is -1.28. The highest BCUT2D eigenvalue weighted by Gasteiger charge is 2.14. The van der Waals surface area contributed by atoms with Gasteiger partial charge in [0.15, 0.2) is 5.78 Å². The number of aromatic carboxylic acids is 2. The summed E-state index contributed by atoms with van der Waals surface area (Å²) in [5.74, 6) is -2.92. The highest BCUT2D eigenvalue weighted by Crippen LogP contribution is 2.13. The van der Waals surface area contributed by atoms with Gasteiger partial charge in [-0.25, -0.2) is 9.59 Å². The van der Waals surface area contributed by atoms with Crippen molar-refractivity contribution in [2.24, 2.45) is 0 Å². The van der Waals surface area contributed by atoms with Crippen molar-refractivity contribution in [1.29, 1.82) is 0 Å². The summed E-state index contributed by atoms with van der Waals surface area (Å²) in [4.78, 5) is 33.1. The first kappa shape index (κ1) is 12.6. The fourth-order valence-electron chi connectivity index (χ4n) is 1.28. The third-order valence-electron chi connectivity index (χ3n) is 2.08. The van der Waals surface area contributed by atoms with Gasteiger partial charge in [-0.3, -0.25) is 4.79 Å². The molecule has 1 rings (SSSR count). The van der Waals surface area contributed by atoms with E-state index < -0.39 is 11.9 Å². The zero-order chi connectivity index (χ0) is 13.0. The number of carboxylic acid groups (broad SMARTS) is 2. The number of carboxylic acids is 2. The quantitative estimate of drug-likeness (QED) is 0.599. The topological polar surface area (TPSA) is 91.7 Å². The third kappa shape index (κ3) is 3.01. The molecule has 0 fully saturated rings. The summed E-state index contributed by atoms with van der Waals surface area (Å²) in [5, 5.41) is 17.6. The van der Waals surface area contributed by atoms with Crippen LogP contribution in [0.2, 0.25) is 0 Å². The highest BCUT2D eigenvalue weighted by molar-refractivity contribution is 6.02. The van der Waals surface area contributed by atoms with Gasteiger partial charge in [-0.15, -0.1) is 6.58 Å². The van der Waals surface area contributed by atoms with E-state index in [1.54, 1.807) is 0 Å². The Labute approximate surface area is 97.0 Å². The molecular weight excluding hydrogens is 224 g/mol. The van der Waals surface area contributed by atoms with Crippen LogP contribution >= 0.6 is 0 Å². The van der Waals surface area contributed by atoms with Crippen LogP contribution in [0, 0.1) is 0 Å². The normalized spacial score (nSPS) is 9.65. The van der Waals surface area contributed by atoms with Gasteiger partial charge in [0, 0.05) is 12.0 Å². The van der Waals surface area contributed by atoms with E-state index in [1.165, 1.54) is 6.08 Å². The number of hydrogen-bond donors (Lipinski definition) is 2. The molecule has 0 unspecified atom stereocenters. The van der Waals surface area contributed by atoms with Crippen molar-refractivity contribution in [3.63, 3.8) is 0 Å². The fraction of sp³-hybridized carbons (Fsp3) is 0.0833. The Kier molecular flexibility index (Phi) is 3.77. The summed E-state index contributed by atoms with van der Waals surface area (Å²) >= 11 is 0. The van der Waals surface area contributed by atoms with E-state index in [9.17, 15) is 14.4 Å². The van der Waals surface area contributed by atoms with Crippen LogP contribution in [0.5, 0.6) is 0 Å². The van der Waals surface area contributed by atoms with Gasteiger partial charge in [0.2, 0.25) is 0 Å². The second kappa shape index (κ2) is 5.07. The molecule has 0 atom stereocenters. The first-order chi connectivity index (χ1) is 7.95. The van der Waals surface area contributed by atoms with Crippen LogP contribution < -0.4 is 0 Å². The van der Waals surface area contributed by atoms with Crippen LogP contribution in [0.15, 0.2) is 30.9 Å². The van der Waals surface area contributed by atoms with Crippen LogP contribution in [0.3, 0.4) is 0 Å². The molecule has 2 N–H and O–H groups in total. The van der Waals surface area contributed by atoms with E-state index in [2.05, 4.69) is 6.58 Å². The van der Waals surface area contributed by atoms with Crippen molar-refractivity contribution >= 4 is 17.7 Å². The molecular formula is C12H10O5. The van der Waals surface area contributed by atoms with Crippen molar-refractivity contribution in [2.45, 2.75) is 6.42 Å². The number of rotatable bonds is 5. The molecule has 0 aliphatic heterocycles. The van der Waals surface area contributed by atoms with Crippen molar-refractivity contribution in [3.05, 3.63) is 47.5 Å². The maximum Gasteiger partial charge on any atom is 0.335 e. The minimum Gasteiger partial charge on any atom is -0.478 e. The molecule has 0 amide bonds. The molecule has 1 aromatic rings. The predicted molar refractivity (Wildman–Crippen MR) is 59.5 cm³/mol. The number of carbonyl (C=O) groups is 3. The molecule has 0 radical (unpaired) electrons. The molecule has 17 heavy (non-hydrogen) atoms. The van der Waals surface area contributed by atoms with Gasteiger partial charge in [0.25, 0.3) is 0 Å². The molecule has 0 saturated heterocycles. The van der Waals surface area contributed by atoms with Gasteiger partial charge in [0.1, 0.15) is 0 Å². The Hall–Kier alpha value is -2.43. The molecule has 0 heterocycles. The number of carbonyl (C=O) groups excluding carboxylic acids is 1. The molecule has 1 aromatic carbocycles. The van der Waals surface area contributed by atoms with E-state index in [4.69, 9.17) is 10.2 Å². The summed E-state index contributed by atoms with van der Waals surface area (Å²) < 4.78 is 0. The predicted octanol–water partition coefficient (Wildman–Crippen LogP) is 1.84. The lowest BCUT2D eigenvalue weighted by atomic mass is 10.0. The first-order valence-electron chi connectivity index (χ1n) is 4.71. The van der Waals surface area contributed by atoms with Crippen molar-refractivity contribution < 1.29 is 24.6 Å². The van der Waals surface area contributed by atoms with Gasteiger partial charge in [-0.05, 0) is 18.2 Å². The summed E-state index contributed by atoms with van der Waals surface area (Å²) in [6.07, 6.45) is 1.40. The lowest BCUT2D eigenvalue weighted by Crippen LogP contribution is -2.07. The highest BCUT2D eigenvalue weighted by atomic mass is 16.4. The molecule has 88 valence electrons. The maximum atomic E-state index is 11.5. The molecule has 0 aromatic heterocycles. The summed E-state index contributed by atoms with van der Waals surface area (Å²) in [6.45, 7) is 3.39. The summed E-state index contributed by atoms with van der Waals surface area (Å²) in [7, 11) is 0. The molecule has 0 saturated carbocycles. The number of Topliss-reactive ketones (excluding diaryl/α,β-unsaturated/α-hetero) is 1. The second-order valence-corrected chi connectivity index (χ2v) is 3.33. The zero-order valence-electron chi connectivity index (χ0n) is 8.84. The smallest absolute Gasteiger partial charge is 0.335 e. The van der Waals surface area contributed by atoms with Crippen LogP contribution in [0.1, 0.15) is 37.5 Å². The largest absolute Gasteiger partial charge is 0.478 e. The van der Waals surface area contributed by atoms with Crippen LogP contribution in [0.4, 0.5) is 0 Å². The van der Waals surface area contributed by atoms with Gasteiger partial charge < -0.3 is 10.2 Å². The Morgan fingerprint density at radius 3 is 1.76 bits per heavy atom. The van der Waals surface area contributed by atoms with Crippen molar-refractivity contribution in [3.8, 4) is 0 Å². The zero-order valence-corrected chi connectivity index (χ0v) is 8.84. The molecule has 5 nitrogen and oxygen atoms in total. The van der Waals surface area contributed by atoms with Gasteiger partial charge in [0.05, 0.1) is 11.1 Å². The molecule has 0 bridgehead atoms. The van der Waals surface area contributed by atoms with E-state index in [1.807, 2.05) is 0 Å². The van der Waals surface area contributed by atoms with Crippen molar-refractivity contribution in [2.75, 3.05) is 0 Å². The maximum absolute atomic E-state index is 11.5. The number of allylic oxidation sites excluding steroid dienone is 1. The Morgan fingerprint density at radius 2 is 1.41 bits per heavy atom. The average Bonchev–Trinajstić information content (AvgIpc) is 2.28. The third-order valence-corrected chi connectivity index (χ3v) is 2.08. The summed E-state index contributed by atoms with van der Waals surface area (Å²) in [6, 6.07) is 3.32. The van der Waals surface area contributed by atoms with Gasteiger partial charge in [-0.1, -0.05) is 6.08 Å². The van der Waals surface area contributed by atoms with Crippen LogP contribution in [-0.4, -0.2) is 27.9 Å². The minimum absolute atomic E-state index is 0.0299. The van der Waals surface area contributed by atoms with Crippen molar-refractivity contribution in [1.82, 2.24) is 0 Å². The number of benzene rings is 1. The fourth-order valence-corrected chi connectivity index (χ4v) is 1.28. The Balaban J connectivity index is 3.30. The lowest BCUT2D eigenvalue weighted by molar-refractivity contribution is 0.0696. The summed E-state index contributed by atoms with van der Waals surface area (Å²) in [5.41, 5.74) is -0.392.